The summed E-state index contributed by atoms with van der Waals surface area (Å²) in [6.07, 6.45) is 0. The highest BCUT2D eigenvalue weighted by atomic mass is 32.1. The number of rotatable bonds is 7. The van der Waals surface area contributed by atoms with E-state index in [0.29, 0.717) is 13.1 Å². The van der Waals surface area contributed by atoms with Crippen molar-refractivity contribution in [2.24, 2.45) is 0 Å². The van der Waals surface area contributed by atoms with Crippen LogP contribution < -0.4 is 10.6 Å². The molecule has 0 aliphatic carbocycles. The molecule has 2 N–H and O–H groups in total. The van der Waals surface area contributed by atoms with Crippen LogP contribution in [0.2, 0.25) is 0 Å². The molecule has 0 radical (unpaired) electrons. The minimum absolute atomic E-state index is 0.0854. The van der Waals surface area contributed by atoms with Crippen molar-refractivity contribution in [3.63, 3.8) is 0 Å². The van der Waals surface area contributed by atoms with Crippen LogP contribution in [-0.4, -0.2) is 93.0 Å². The Kier molecular flexibility index (Phi) is 8.02. The second-order valence-corrected chi connectivity index (χ2v) is 8.10. The summed E-state index contributed by atoms with van der Waals surface area (Å²) in [5.74, 6) is -1.13. The number of carbonyl (C=O) groups excluding carboxylic acids is 2. The molecule has 1 aliphatic heterocycles. The molecule has 0 unspecified atom stereocenters. The molecule has 1 saturated heterocycles. The lowest BCUT2D eigenvalue weighted by Crippen LogP contribution is -2.53. The predicted octanol–water partition coefficient (Wildman–Crippen LogP) is 0.219. The molecule has 2 amide bonds. The molecule has 8 heteroatoms. The zero-order valence-electron chi connectivity index (χ0n) is 16.2. The third-order valence-electron chi connectivity index (χ3n) is 4.65. The van der Waals surface area contributed by atoms with Crippen molar-refractivity contribution in [1.82, 2.24) is 25.3 Å². The summed E-state index contributed by atoms with van der Waals surface area (Å²) in [5.41, 5.74) is 0. The maximum atomic E-state index is 12.3. The van der Waals surface area contributed by atoms with Gasteiger partial charge in [-0.25, -0.2) is 0 Å². The summed E-state index contributed by atoms with van der Waals surface area (Å²) >= 11 is 1.69. The smallest absolute Gasteiger partial charge is 0.309 e. The number of thiophene rings is 1. The number of carbonyl (C=O) groups is 2. The minimum Gasteiger partial charge on any atom is -0.347 e. The molecule has 2 atom stereocenters. The molecule has 2 heterocycles. The Morgan fingerprint density at radius 2 is 1.92 bits per heavy atom. The van der Waals surface area contributed by atoms with Crippen molar-refractivity contribution >= 4 is 23.2 Å². The number of nitrogens with one attached hydrogen (secondary N) is 2. The van der Waals surface area contributed by atoms with Crippen LogP contribution in [0.25, 0.3) is 0 Å². The molecule has 0 spiro atoms. The summed E-state index contributed by atoms with van der Waals surface area (Å²) < 4.78 is 0. The van der Waals surface area contributed by atoms with E-state index in [1.165, 1.54) is 4.88 Å². The maximum Gasteiger partial charge on any atom is 0.309 e. The molecular weight excluding hydrogens is 350 g/mol. The van der Waals surface area contributed by atoms with Crippen LogP contribution in [0, 0.1) is 0 Å². The Morgan fingerprint density at radius 3 is 2.50 bits per heavy atom. The molecule has 146 valence electrons. The van der Waals surface area contributed by atoms with Gasteiger partial charge in [0.15, 0.2) is 0 Å². The third kappa shape index (κ3) is 6.05. The topological polar surface area (TPSA) is 67.9 Å². The van der Waals surface area contributed by atoms with Gasteiger partial charge in [0.25, 0.3) is 0 Å². The first-order valence-electron chi connectivity index (χ1n) is 9.08. The molecular formula is C18H31N5O2S. The second kappa shape index (κ2) is 10.0. The predicted molar refractivity (Wildman–Crippen MR) is 105 cm³/mol. The standard InChI is InChI=1S/C18H31N5O2S/c1-14(20-18(25)17(24)19-7-8-21(2)3)16(15-6-5-13-26-15)23-11-9-22(4)10-12-23/h5-6,13-14,16H,7-12H2,1-4H3,(H,19,24)(H,20,25)/t14-,16+/m1/s1. The Morgan fingerprint density at radius 1 is 1.23 bits per heavy atom. The van der Waals surface area contributed by atoms with E-state index in [1.807, 2.05) is 32.0 Å². The van der Waals surface area contributed by atoms with Crippen LogP contribution in [-0.2, 0) is 9.59 Å². The Labute approximate surface area is 160 Å². The van der Waals surface area contributed by atoms with Gasteiger partial charge in [0, 0.05) is 50.2 Å². The normalized spacial score (nSPS) is 18.5. The molecule has 1 aliphatic rings. The highest BCUT2D eigenvalue weighted by molar-refractivity contribution is 7.10. The zero-order chi connectivity index (χ0) is 19.1. The van der Waals surface area contributed by atoms with Gasteiger partial charge in [-0.1, -0.05) is 6.07 Å². The lowest BCUT2D eigenvalue weighted by molar-refractivity contribution is -0.139. The first kappa shape index (κ1) is 20.8. The van der Waals surface area contributed by atoms with E-state index in [0.717, 1.165) is 26.2 Å². The fourth-order valence-electron chi connectivity index (χ4n) is 3.13. The van der Waals surface area contributed by atoms with Crippen molar-refractivity contribution in [3.8, 4) is 0 Å². The quantitative estimate of drug-likeness (QED) is 0.662. The van der Waals surface area contributed by atoms with Crippen LogP contribution in [0.15, 0.2) is 17.5 Å². The molecule has 0 saturated carbocycles. The number of nitrogens with zero attached hydrogens (tertiary/aromatic N) is 3. The van der Waals surface area contributed by atoms with Gasteiger partial charge in [0.2, 0.25) is 0 Å². The highest BCUT2D eigenvalue weighted by Crippen LogP contribution is 2.29. The van der Waals surface area contributed by atoms with Crippen LogP contribution in [0.5, 0.6) is 0 Å². The average Bonchev–Trinajstić information content (AvgIpc) is 3.10. The Balaban J connectivity index is 1.97. The molecule has 2 rings (SSSR count). The van der Waals surface area contributed by atoms with E-state index >= 15 is 0 Å². The average molecular weight is 382 g/mol. The number of piperazine rings is 1. The van der Waals surface area contributed by atoms with Crippen LogP contribution >= 0.6 is 11.3 Å². The van der Waals surface area contributed by atoms with Crippen molar-refractivity contribution in [1.29, 1.82) is 0 Å². The van der Waals surface area contributed by atoms with E-state index < -0.39 is 11.8 Å². The second-order valence-electron chi connectivity index (χ2n) is 7.12. The fraction of sp³-hybridized carbons (Fsp3) is 0.667. The summed E-state index contributed by atoms with van der Waals surface area (Å²) in [6.45, 7) is 7.06. The van der Waals surface area contributed by atoms with Gasteiger partial charge >= 0.3 is 11.8 Å². The molecule has 1 fully saturated rings. The number of amides is 2. The molecule has 0 aromatic carbocycles. The van der Waals surface area contributed by atoms with Crippen LogP contribution in [0.4, 0.5) is 0 Å². The van der Waals surface area contributed by atoms with E-state index in [1.54, 1.807) is 11.3 Å². The van der Waals surface area contributed by atoms with Gasteiger partial charge < -0.3 is 20.4 Å². The monoisotopic (exact) mass is 381 g/mol. The van der Waals surface area contributed by atoms with E-state index in [9.17, 15) is 9.59 Å². The van der Waals surface area contributed by atoms with Gasteiger partial charge in [0.05, 0.1) is 6.04 Å². The van der Waals surface area contributed by atoms with Crippen LogP contribution in [0.3, 0.4) is 0 Å². The number of likely N-dealkylation sites (N-methyl/N-ethyl adjacent to an activating group) is 2. The van der Waals surface area contributed by atoms with Crippen molar-refractivity contribution in [2.75, 3.05) is 60.4 Å². The highest BCUT2D eigenvalue weighted by Gasteiger charge is 2.31. The molecule has 26 heavy (non-hydrogen) atoms. The zero-order valence-corrected chi connectivity index (χ0v) is 17.0. The molecule has 7 nitrogen and oxygen atoms in total. The Bertz CT molecular complexity index is 570. The van der Waals surface area contributed by atoms with Gasteiger partial charge in [-0.15, -0.1) is 11.3 Å². The number of hydrogen-bond acceptors (Lipinski definition) is 6. The first-order chi connectivity index (χ1) is 12.4. The third-order valence-corrected chi connectivity index (χ3v) is 5.59. The van der Waals surface area contributed by atoms with Crippen molar-refractivity contribution in [3.05, 3.63) is 22.4 Å². The molecule has 1 aromatic rings. The Hall–Kier alpha value is -1.48. The van der Waals surface area contributed by atoms with Gasteiger partial charge in [0.1, 0.15) is 0 Å². The van der Waals surface area contributed by atoms with Gasteiger partial charge in [-0.2, -0.15) is 0 Å². The summed E-state index contributed by atoms with van der Waals surface area (Å²) in [6, 6.07) is 4.07. The van der Waals surface area contributed by atoms with Gasteiger partial charge in [-0.3, -0.25) is 14.5 Å². The molecule has 1 aromatic heterocycles. The summed E-state index contributed by atoms with van der Waals surface area (Å²) in [5, 5.41) is 7.63. The van der Waals surface area contributed by atoms with Crippen LogP contribution in [0.1, 0.15) is 17.8 Å². The minimum atomic E-state index is -0.568. The molecule has 0 bridgehead atoms. The van der Waals surface area contributed by atoms with E-state index in [4.69, 9.17) is 0 Å². The largest absolute Gasteiger partial charge is 0.347 e. The maximum absolute atomic E-state index is 12.3. The van der Waals surface area contributed by atoms with Crippen molar-refractivity contribution in [2.45, 2.75) is 19.0 Å². The summed E-state index contributed by atoms with van der Waals surface area (Å²) in [7, 11) is 5.98. The number of hydrogen-bond donors (Lipinski definition) is 2. The SMILES string of the molecule is C[C@@H](NC(=O)C(=O)NCCN(C)C)[C@@H](c1cccs1)N1CCN(C)CC1. The summed E-state index contributed by atoms with van der Waals surface area (Å²) in [4.78, 5) is 32.2. The van der Waals surface area contributed by atoms with Gasteiger partial charge in [-0.05, 0) is 39.5 Å². The van der Waals surface area contributed by atoms with E-state index in [-0.39, 0.29) is 12.1 Å². The first-order valence-corrected chi connectivity index (χ1v) is 9.96. The lowest BCUT2D eigenvalue weighted by atomic mass is 10.0. The fourth-order valence-corrected chi connectivity index (χ4v) is 4.09. The van der Waals surface area contributed by atoms with E-state index in [2.05, 4.69) is 38.9 Å². The van der Waals surface area contributed by atoms with Crippen molar-refractivity contribution < 1.29 is 9.59 Å². The lowest BCUT2D eigenvalue weighted by Gasteiger charge is -2.40.